The minimum Gasteiger partial charge on any atom is -0.381 e. The second-order valence-electron chi connectivity index (χ2n) is 6.24. The van der Waals surface area contributed by atoms with Gasteiger partial charge in [0.15, 0.2) is 0 Å². The fourth-order valence-corrected chi connectivity index (χ4v) is 3.62. The number of carbonyl (C=O) groups is 1. The van der Waals surface area contributed by atoms with E-state index in [0.29, 0.717) is 26.3 Å². The molecule has 0 saturated carbocycles. The second-order valence-corrected chi connectivity index (χ2v) is 6.65. The lowest BCUT2D eigenvalue weighted by Crippen LogP contribution is -2.55. The number of anilines is 1. The van der Waals surface area contributed by atoms with Gasteiger partial charge in [0.1, 0.15) is 0 Å². The van der Waals surface area contributed by atoms with E-state index in [1.54, 1.807) is 0 Å². The van der Waals surface area contributed by atoms with E-state index in [1.807, 2.05) is 29.2 Å². The molecule has 0 aliphatic carbocycles. The molecule has 0 spiro atoms. The van der Waals surface area contributed by atoms with Gasteiger partial charge >= 0.3 is 0 Å². The number of carbonyl (C=O) groups excluding carboxylic acids is 1. The number of nitrogens with two attached hydrogens (primary N) is 1. The molecule has 1 amide bonds. The van der Waals surface area contributed by atoms with E-state index in [-0.39, 0.29) is 36.6 Å². The highest BCUT2D eigenvalue weighted by atomic mass is 35.5. The van der Waals surface area contributed by atoms with Crippen molar-refractivity contribution in [3.05, 3.63) is 29.3 Å². The normalized spacial score (nSPS) is 19.6. The van der Waals surface area contributed by atoms with Crippen LogP contribution >= 0.6 is 36.4 Å². The Kier molecular flexibility index (Phi) is 9.32. The third kappa shape index (κ3) is 5.38. The summed E-state index contributed by atoms with van der Waals surface area (Å²) in [5.41, 5.74) is 7.25. The van der Waals surface area contributed by atoms with Gasteiger partial charge < -0.3 is 20.3 Å². The van der Waals surface area contributed by atoms with Crippen molar-refractivity contribution in [3.63, 3.8) is 0 Å². The van der Waals surface area contributed by atoms with Gasteiger partial charge in [0.25, 0.3) is 0 Å². The van der Waals surface area contributed by atoms with E-state index >= 15 is 0 Å². The molecule has 2 heterocycles. The van der Waals surface area contributed by atoms with Crippen molar-refractivity contribution in [1.82, 2.24) is 4.90 Å². The van der Waals surface area contributed by atoms with Crippen LogP contribution in [0.25, 0.3) is 0 Å². The van der Waals surface area contributed by atoms with Crippen LogP contribution in [0.2, 0.25) is 5.02 Å². The first-order chi connectivity index (χ1) is 11.2. The van der Waals surface area contributed by atoms with Gasteiger partial charge in [0, 0.05) is 39.4 Å². The van der Waals surface area contributed by atoms with Crippen LogP contribution in [0.1, 0.15) is 12.8 Å². The zero-order valence-electron chi connectivity index (χ0n) is 14.1. The fraction of sp³-hybridized carbons (Fsp3) is 0.588. The predicted octanol–water partition coefficient (Wildman–Crippen LogP) is 2.59. The van der Waals surface area contributed by atoms with E-state index in [1.165, 1.54) is 0 Å². The average Bonchev–Trinajstić information content (AvgIpc) is 2.62. The van der Waals surface area contributed by atoms with Gasteiger partial charge in [-0.1, -0.05) is 23.7 Å². The van der Waals surface area contributed by atoms with Crippen molar-refractivity contribution < 1.29 is 9.53 Å². The van der Waals surface area contributed by atoms with Crippen LogP contribution in [-0.2, 0) is 9.53 Å². The molecule has 0 aromatic heterocycles. The van der Waals surface area contributed by atoms with Crippen molar-refractivity contribution in [3.8, 4) is 0 Å². The Hall–Kier alpha value is -0.720. The minimum atomic E-state index is -0.397. The van der Waals surface area contributed by atoms with Crippen molar-refractivity contribution >= 4 is 48.0 Å². The van der Waals surface area contributed by atoms with Gasteiger partial charge in [-0.3, -0.25) is 4.79 Å². The second kappa shape index (κ2) is 10.4. The standard InChI is InChI=1S/C17H24ClN3O2.2ClH/c18-14-3-1-2-4-15(14)20-7-9-21(10-8-20)17(22)16(19)13-5-11-23-12-6-13;;/h1-4,13,16H,5-12,19H2;2*1H. The topological polar surface area (TPSA) is 58.8 Å². The summed E-state index contributed by atoms with van der Waals surface area (Å²) in [7, 11) is 0. The molecule has 2 N–H and O–H groups in total. The average molecular weight is 411 g/mol. The molecular formula is C17H26Cl3N3O2. The maximum atomic E-state index is 12.6. The summed E-state index contributed by atoms with van der Waals surface area (Å²) in [5.74, 6) is 0.327. The highest BCUT2D eigenvalue weighted by molar-refractivity contribution is 6.33. The number of amides is 1. The van der Waals surface area contributed by atoms with Gasteiger partial charge in [-0.25, -0.2) is 0 Å². The van der Waals surface area contributed by atoms with Crippen LogP contribution in [0, 0.1) is 5.92 Å². The molecule has 3 rings (SSSR count). The number of halogens is 3. The monoisotopic (exact) mass is 409 g/mol. The fourth-order valence-electron chi connectivity index (χ4n) is 3.36. The molecule has 5 nitrogen and oxygen atoms in total. The minimum absolute atomic E-state index is 0. The van der Waals surface area contributed by atoms with E-state index in [0.717, 1.165) is 36.6 Å². The number of piperazine rings is 1. The molecular weight excluding hydrogens is 385 g/mol. The molecule has 0 radical (unpaired) electrons. The van der Waals surface area contributed by atoms with E-state index in [9.17, 15) is 4.79 Å². The number of hydrogen-bond acceptors (Lipinski definition) is 4. The lowest BCUT2D eigenvalue weighted by atomic mass is 9.91. The van der Waals surface area contributed by atoms with Crippen LogP contribution in [0.3, 0.4) is 0 Å². The maximum absolute atomic E-state index is 12.6. The first-order valence-electron chi connectivity index (χ1n) is 8.28. The molecule has 2 aliphatic rings. The Labute approximate surface area is 166 Å². The first kappa shape index (κ1) is 22.3. The molecule has 8 heteroatoms. The SMILES string of the molecule is Cl.Cl.NC(C(=O)N1CCN(c2ccccc2Cl)CC1)C1CCOCC1. The smallest absolute Gasteiger partial charge is 0.239 e. The lowest BCUT2D eigenvalue weighted by Gasteiger charge is -2.38. The molecule has 1 atom stereocenters. The van der Waals surface area contributed by atoms with E-state index in [2.05, 4.69) is 4.90 Å². The highest BCUT2D eigenvalue weighted by Crippen LogP contribution is 2.26. The first-order valence-corrected chi connectivity index (χ1v) is 8.66. The summed E-state index contributed by atoms with van der Waals surface area (Å²) in [6, 6.07) is 7.44. The summed E-state index contributed by atoms with van der Waals surface area (Å²) in [5, 5.41) is 0.756. The number of rotatable bonds is 3. The molecule has 1 aromatic carbocycles. The van der Waals surface area contributed by atoms with Crippen LogP contribution in [0.15, 0.2) is 24.3 Å². The number of ether oxygens (including phenoxy) is 1. The van der Waals surface area contributed by atoms with Gasteiger partial charge in [0.2, 0.25) is 5.91 Å². The molecule has 2 saturated heterocycles. The Morgan fingerprint density at radius 2 is 1.72 bits per heavy atom. The zero-order valence-corrected chi connectivity index (χ0v) is 16.5. The summed E-state index contributed by atoms with van der Waals surface area (Å²) in [6.45, 7) is 4.39. The number of hydrogen-bond donors (Lipinski definition) is 1. The van der Waals surface area contributed by atoms with E-state index < -0.39 is 6.04 Å². The van der Waals surface area contributed by atoms with Crippen molar-refractivity contribution in [1.29, 1.82) is 0 Å². The zero-order chi connectivity index (χ0) is 16.2. The largest absolute Gasteiger partial charge is 0.381 e. The maximum Gasteiger partial charge on any atom is 0.239 e. The molecule has 0 bridgehead atoms. The molecule has 25 heavy (non-hydrogen) atoms. The third-order valence-electron chi connectivity index (χ3n) is 4.84. The Bertz CT molecular complexity index is 548. The Morgan fingerprint density at radius 1 is 1.12 bits per heavy atom. The summed E-state index contributed by atoms with van der Waals surface area (Å²) in [6.07, 6.45) is 1.76. The van der Waals surface area contributed by atoms with Crippen LogP contribution in [-0.4, -0.2) is 56.2 Å². The molecule has 1 unspecified atom stereocenters. The van der Waals surface area contributed by atoms with Crippen LogP contribution < -0.4 is 10.6 Å². The number of benzene rings is 1. The number of para-hydroxylation sites is 1. The predicted molar refractivity (Wildman–Crippen MR) is 106 cm³/mol. The Balaban J connectivity index is 0.00000156. The third-order valence-corrected chi connectivity index (χ3v) is 5.16. The summed E-state index contributed by atoms with van der Waals surface area (Å²) < 4.78 is 5.35. The van der Waals surface area contributed by atoms with Crippen molar-refractivity contribution in [2.75, 3.05) is 44.3 Å². The van der Waals surface area contributed by atoms with Gasteiger partial charge in [-0.15, -0.1) is 24.8 Å². The molecule has 1 aromatic rings. The quantitative estimate of drug-likeness (QED) is 0.832. The van der Waals surface area contributed by atoms with Crippen molar-refractivity contribution in [2.24, 2.45) is 11.7 Å². The van der Waals surface area contributed by atoms with Crippen LogP contribution in [0.4, 0.5) is 5.69 Å². The molecule has 2 aliphatic heterocycles. The van der Waals surface area contributed by atoms with Gasteiger partial charge in [-0.2, -0.15) is 0 Å². The number of nitrogens with zero attached hydrogens (tertiary/aromatic N) is 2. The summed E-state index contributed by atoms with van der Waals surface area (Å²) >= 11 is 6.25. The van der Waals surface area contributed by atoms with Gasteiger partial charge in [0.05, 0.1) is 16.8 Å². The highest BCUT2D eigenvalue weighted by Gasteiger charge is 2.31. The lowest BCUT2D eigenvalue weighted by molar-refractivity contribution is -0.135. The van der Waals surface area contributed by atoms with Crippen molar-refractivity contribution in [2.45, 2.75) is 18.9 Å². The van der Waals surface area contributed by atoms with Crippen LogP contribution in [0.5, 0.6) is 0 Å². The Morgan fingerprint density at radius 3 is 2.32 bits per heavy atom. The summed E-state index contributed by atoms with van der Waals surface area (Å²) in [4.78, 5) is 16.7. The molecule has 142 valence electrons. The van der Waals surface area contributed by atoms with E-state index in [4.69, 9.17) is 22.1 Å². The molecule has 2 fully saturated rings. The van der Waals surface area contributed by atoms with Gasteiger partial charge in [-0.05, 0) is 30.9 Å².